The van der Waals surface area contributed by atoms with E-state index in [4.69, 9.17) is 0 Å². The van der Waals surface area contributed by atoms with Gasteiger partial charge in [0.15, 0.2) is 0 Å². The second-order valence-electron chi connectivity index (χ2n) is 7.08. The maximum absolute atomic E-state index is 13.4. The quantitative estimate of drug-likeness (QED) is 0.425. The molecule has 2 heterocycles. The van der Waals surface area contributed by atoms with Gasteiger partial charge in [0.1, 0.15) is 5.82 Å². The van der Waals surface area contributed by atoms with Crippen LogP contribution in [-0.4, -0.2) is 28.1 Å². The molecule has 0 bridgehead atoms. The Hall–Kier alpha value is -3.78. The Balaban J connectivity index is 1.42. The third-order valence-corrected chi connectivity index (χ3v) is 5.51. The fourth-order valence-electron chi connectivity index (χ4n) is 3.17. The van der Waals surface area contributed by atoms with Gasteiger partial charge < -0.3 is 10.6 Å². The average Bonchev–Trinajstić information content (AvgIpc) is 3.49. The Morgan fingerprint density at radius 3 is 2.50 bits per heavy atom. The van der Waals surface area contributed by atoms with Crippen molar-refractivity contribution in [3.63, 3.8) is 0 Å². The molecular formula is C24H21FN4O2S. The summed E-state index contributed by atoms with van der Waals surface area (Å²) in [6, 6.07) is 17.5. The van der Waals surface area contributed by atoms with Gasteiger partial charge in [0.05, 0.1) is 11.4 Å². The van der Waals surface area contributed by atoms with Crippen LogP contribution in [0.5, 0.6) is 0 Å². The predicted octanol–water partition coefficient (Wildman–Crippen LogP) is 4.18. The highest BCUT2D eigenvalue weighted by Gasteiger charge is 2.14. The number of hydrogen-bond donors (Lipinski definition) is 2. The maximum atomic E-state index is 13.4. The number of carbonyl (C=O) groups is 2. The van der Waals surface area contributed by atoms with Crippen molar-refractivity contribution in [3.8, 4) is 16.9 Å². The Morgan fingerprint density at radius 1 is 1.00 bits per heavy atom. The van der Waals surface area contributed by atoms with Gasteiger partial charge in [-0.3, -0.25) is 9.59 Å². The van der Waals surface area contributed by atoms with Gasteiger partial charge in [0, 0.05) is 47.8 Å². The number of rotatable bonds is 8. The maximum Gasteiger partial charge on any atom is 0.252 e. The topological polar surface area (TPSA) is 76.0 Å². The molecule has 2 aromatic heterocycles. The predicted molar refractivity (Wildman–Crippen MR) is 122 cm³/mol. The summed E-state index contributed by atoms with van der Waals surface area (Å²) in [7, 11) is 0. The van der Waals surface area contributed by atoms with Crippen molar-refractivity contribution >= 4 is 23.2 Å². The third-order valence-electron chi connectivity index (χ3n) is 4.83. The number of aromatic nitrogens is 2. The van der Waals surface area contributed by atoms with E-state index in [0.29, 0.717) is 11.3 Å². The number of para-hydroxylation sites is 1. The lowest BCUT2D eigenvalue weighted by Crippen LogP contribution is -2.30. The van der Waals surface area contributed by atoms with Gasteiger partial charge in [-0.2, -0.15) is 16.4 Å². The van der Waals surface area contributed by atoms with Crippen LogP contribution in [0.1, 0.15) is 22.3 Å². The van der Waals surface area contributed by atoms with Gasteiger partial charge in [-0.15, -0.1) is 0 Å². The number of thiophene rings is 1. The average molecular weight is 449 g/mol. The van der Waals surface area contributed by atoms with Gasteiger partial charge in [-0.25, -0.2) is 9.07 Å². The zero-order valence-corrected chi connectivity index (χ0v) is 17.9. The molecule has 0 atom stereocenters. The number of benzene rings is 2. The van der Waals surface area contributed by atoms with Gasteiger partial charge in [0.2, 0.25) is 5.91 Å². The number of nitrogens with one attached hydrogen (secondary N) is 2. The molecular weight excluding hydrogens is 427 g/mol. The molecule has 6 nitrogen and oxygen atoms in total. The van der Waals surface area contributed by atoms with Crippen molar-refractivity contribution in [3.05, 3.63) is 94.6 Å². The van der Waals surface area contributed by atoms with Crippen LogP contribution in [-0.2, 0) is 11.3 Å². The van der Waals surface area contributed by atoms with Crippen LogP contribution in [0.4, 0.5) is 4.39 Å². The molecule has 0 spiro atoms. The van der Waals surface area contributed by atoms with E-state index in [2.05, 4.69) is 15.7 Å². The largest absolute Gasteiger partial charge is 0.352 e. The highest BCUT2D eigenvalue weighted by atomic mass is 32.1. The first kappa shape index (κ1) is 21.5. The summed E-state index contributed by atoms with van der Waals surface area (Å²) in [5, 5.41) is 13.9. The van der Waals surface area contributed by atoms with Crippen LogP contribution in [0.3, 0.4) is 0 Å². The van der Waals surface area contributed by atoms with E-state index in [1.165, 1.54) is 23.5 Å². The summed E-state index contributed by atoms with van der Waals surface area (Å²) in [5.74, 6) is -0.703. The van der Waals surface area contributed by atoms with Crippen molar-refractivity contribution in [2.45, 2.75) is 13.0 Å². The van der Waals surface area contributed by atoms with Gasteiger partial charge in [-0.1, -0.05) is 18.2 Å². The van der Waals surface area contributed by atoms with E-state index in [0.717, 1.165) is 16.8 Å². The standard InChI is InChI=1S/C24H21FN4O2S/c25-20-8-6-17(7-9-20)23-19(15-29(28-23)21-4-2-1-3-5-21)14-27-22(30)10-12-26-24(31)18-11-13-32-16-18/h1-9,11,13,15-16H,10,12,14H2,(H,26,31)(H,27,30). The Kier molecular flexibility index (Phi) is 6.72. The molecule has 2 amide bonds. The molecule has 0 aliphatic rings. The molecule has 0 aliphatic carbocycles. The Bertz CT molecular complexity index is 1190. The number of nitrogens with zero attached hydrogens (tertiary/aromatic N) is 2. The van der Waals surface area contributed by atoms with Crippen molar-refractivity contribution in [2.24, 2.45) is 0 Å². The lowest BCUT2D eigenvalue weighted by atomic mass is 10.1. The molecule has 2 aromatic carbocycles. The molecule has 8 heteroatoms. The minimum Gasteiger partial charge on any atom is -0.352 e. The minimum atomic E-state index is -0.324. The number of carbonyl (C=O) groups excluding carboxylic acids is 2. The molecule has 0 aliphatic heterocycles. The van der Waals surface area contributed by atoms with Gasteiger partial charge in [-0.05, 0) is 47.8 Å². The molecule has 2 N–H and O–H groups in total. The number of hydrogen-bond acceptors (Lipinski definition) is 4. The van der Waals surface area contributed by atoms with Crippen molar-refractivity contribution in [1.82, 2.24) is 20.4 Å². The monoisotopic (exact) mass is 448 g/mol. The lowest BCUT2D eigenvalue weighted by molar-refractivity contribution is -0.121. The van der Waals surface area contributed by atoms with E-state index in [1.807, 2.05) is 41.9 Å². The molecule has 0 unspecified atom stereocenters. The Labute approximate surface area is 188 Å². The van der Waals surface area contributed by atoms with Crippen LogP contribution in [0.25, 0.3) is 16.9 Å². The zero-order chi connectivity index (χ0) is 22.3. The fourth-order valence-corrected chi connectivity index (χ4v) is 3.81. The van der Waals surface area contributed by atoms with E-state index >= 15 is 0 Å². The highest BCUT2D eigenvalue weighted by molar-refractivity contribution is 7.08. The van der Waals surface area contributed by atoms with E-state index < -0.39 is 0 Å². The highest BCUT2D eigenvalue weighted by Crippen LogP contribution is 2.24. The number of halogens is 1. The van der Waals surface area contributed by atoms with Crippen molar-refractivity contribution in [1.29, 1.82) is 0 Å². The van der Waals surface area contributed by atoms with Crippen molar-refractivity contribution in [2.75, 3.05) is 6.54 Å². The van der Waals surface area contributed by atoms with Crippen LogP contribution in [0.2, 0.25) is 0 Å². The molecule has 32 heavy (non-hydrogen) atoms. The lowest BCUT2D eigenvalue weighted by Gasteiger charge is -2.07. The van der Waals surface area contributed by atoms with E-state index in [9.17, 15) is 14.0 Å². The van der Waals surface area contributed by atoms with Crippen LogP contribution < -0.4 is 10.6 Å². The molecule has 0 saturated heterocycles. The third kappa shape index (κ3) is 5.28. The minimum absolute atomic E-state index is 0.161. The van der Waals surface area contributed by atoms with Crippen LogP contribution in [0, 0.1) is 5.82 Å². The first-order valence-corrected chi connectivity index (χ1v) is 11.0. The summed E-state index contributed by atoms with van der Waals surface area (Å²) in [4.78, 5) is 24.3. The second kappa shape index (κ2) is 10.0. The summed E-state index contributed by atoms with van der Waals surface area (Å²) in [6.45, 7) is 0.505. The first-order valence-electron chi connectivity index (χ1n) is 10.1. The van der Waals surface area contributed by atoms with Gasteiger partial charge >= 0.3 is 0 Å². The zero-order valence-electron chi connectivity index (χ0n) is 17.1. The second-order valence-corrected chi connectivity index (χ2v) is 7.86. The van der Waals surface area contributed by atoms with Gasteiger partial charge in [0.25, 0.3) is 5.91 Å². The fraction of sp³-hybridized carbons (Fsp3) is 0.125. The normalized spacial score (nSPS) is 10.7. The van der Waals surface area contributed by atoms with Crippen LogP contribution in [0.15, 0.2) is 77.6 Å². The summed E-state index contributed by atoms with van der Waals surface area (Å²) in [5.41, 5.74) is 3.70. The van der Waals surface area contributed by atoms with E-state index in [1.54, 1.807) is 28.3 Å². The smallest absolute Gasteiger partial charge is 0.252 e. The molecule has 4 rings (SSSR count). The molecule has 0 fully saturated rings. The Morgan fingerprint density at radius 2 is 1.78 bits per heavy atom. The first-order chi connectivity index (χ1) is 15.6. The van der Waals surface area contributed by atoms with Crippen molar-refractivity contribution < 1.29 is 14.0 Å². The number of amides is 2. The van der Waals surface area contributed by atoms with E-state index in [-0.39, 0.29) is 37.1 Å². The summed E-state index contributed by atoms with van der Waals surface area (Å²) in [6.07, 6.45) is 2.02. The molecule has 0 radical (unpaired) electrons. The molecule has 4 aromatic rings. The van der Waals surface area contributed by atoms with Crippen LogP contribution >= 0.6 is 11.3 Å². The molecule has 162 valence electrons. The molecule has 0 saturated carbocycles. The SMILES string of the molecule is O=C(CCNC(=O)c1ccsc1)NCc1cn(-c2ccccc2)nc1-c1ccc(F)cc1. The summed E-state index contributed by atoms with van der Waals surface area (Å²) < 4.78 is 15.1. The summed E-state index contributed by atoms with van der Waals surface area (Å²) >= 11 is 1.45.